The lowest BCUT2D eigenvalue weighted by Crippen LogP contribution is -2.20. The molecule has 1 N–H and O–H groups in total. The van der Waals surface area contributed by atoms with Crippen LogP contribution in [0.25, 0.3) is 0 Å². The van der Waals surface area contributed by atoms with Gasteiger partial charge in [0.15, 0.2) is 16.7 Å². The van der Waals surface area contributed by atoms with Gasteiger partial charge in [-0.2, -0.15) is 0 Å². The number of rotatable bonds is 7. The molecule has 1 aromatic carbocycles. The van der Waals surface area contributed by atoms with Crippen molar-refractivity contribution in [2.75, 3.05) is 17.7 Å². The van der Waals surface area contributed by atoms with Gasteiger partial charge in [0.2, 0.25) is 5.13 Å². The molecule has 0 radical (unpaired) electrons. The molecule has 0 saturated carbocycles. The van der Waals surface area contributed by atoms with Crippen molar-refractivity contribution < 1.29 is 14.3 Å². The van der Waals surface area contributed by atoms with E-state index in [4.69, 9.17) is 4.74 Å². The Bertz CT molecular complexity index is 673. The van der Waals surface area contributed by atoms with Crippen LogP contribution in [0.5, 0.6) is 5.75 Å². The first-order chi connectivity index (χ1) is 10.6. The van der Waals surface area contributed by atoms with Crippen molar-refractivity contribution >= 4 is 39.9 Å². The van der Waals surface area contributed by atoms with Gasteiger partial charge in [0.1, 0.15) is 5.75 Å². The van der Waals surface area contributed by atoms with Gasteiger partial charge < -0.3 is 4.74 Å². The third-order valence-electron chi connectivity index (χ3n) is 2.53. The zero-order chi connectivity index (χ0) is 15.9. The Hall–Kier alpha value is -1.93. The predicted molar refractivity (Wildman–Crippen MR) is 86.9 cm³/mol. The Balaban J connectivity index is 1.87. The molecule has 2 rings (SSSR count). The molecule has 0 aliphatic carbocycles. The van der Waals surface area contributed by atoms with Crippen LogP contribution in [0.4, 0.5) is 5.13 Å². The minimum atomic E-state index is -0.322. The number of hydrogen-bond donors (Lipinski definition) is 1. The summed E-state index contributed by atoms with van der Waals surface area (Å²) < 4.78 is 6.18. The molecular formula is C14H15N3O3S2. The number of carbonyl (C=O) groups excluding carboxylic acids is 2. The van der Waals surface area contributed by atoms with Crippen LogP contribution in [0.15, 0.2) is 28.6 Å². The van der Waals surface area contributed by atoms with Gasteiger partial charge in [0.25, 0.3) is 5.91 Å². The fourth-order valence-corrected chi connectivity index (χ4v) is 3.22. The second-order valence-corrected chi connectivity index (χ2v) is 6.72. The van der Waals surface area contributed by atoms with Crippen molar-refractivity contribution in [1.29, 1.82) is 0 Å². The molecule has 1 amide bonds. The fourth-order valence-electron chi connectivity index (χ4n) is 1.55. The Morgan fingerprint density at radius 1 is 1.36 bits per heavy atom. The summed E-state index contributed by atoms with van der Waals surface area (Å²) in [7, 11) is 0. The predicted octanol–water partition coefficient (Wildman–Crippen LogP) is 2.87. The Labute approximate surface area is 136 Å². The van der Waals surface area contributed by atoms with Crippen LogP contribution >= 0.6 is 23.1 Å². The van der Waals surface area contributed by atoms with E-state index < -0.39 is 0 Å². The third-order valence-corrected chi connectivity index (χ3v) is 4.39. The quantitative estimate of drug-likeness (QED) is 0.475. The van der Waals surface area contributed by atoms with Gasteiger partial charge >= 0.3 is 0 Å². The summed E-state index contributed by atoms with van der Waals surface area (Å²) in [6, 6.07) is 6.71. The molecule has 22 heavy (non-hydrogen) atoms. The molecule has 0 atom stereocenters. The molecule has 0 saturated heterocycles. The van der Waals surface area contributed by atoms with Crippen LogP contribution in [0.1, 0.15) is 24.2 Å². The molecule has 8 heteroatoms. The van der Waals surface area contributed by atoms with E-state index in [0.29, 0.717) is 16.4 Å². The lowest BCUT2D eigenvalue weighted by molar-refractivity contribution is -0.118. The third kappa shape index (κ3) is 4.81. The van der Waals surface area contributed by atoms with Crippen molar-refractivity contribution in [3.63, 3.8) is 0 Å². The van der Waals surface area contributed by atoms with E-state index in [9.17, 15) is 9.59 Å². The summed E-state index contributed by atoms with van der Waals surface area (Å²) in [5.74, 6) is 1.00. The van der Waals surface area contributed by atoms with Crippen LogP contribution < -0.4 is 10.1 Å². The minimum Gasteiger partial charge on any atom is -0.484 e. The summed E-state index contributed by atoms with van der Waals surface area (Å²) in [4.78, 5) is 23.1. The number of nitrogens with one attached hydrogen (secondary N) is 1. The number of aromatic nitrogens is 2. The number of thioether (sulfide) groups is 1. The smallest absolute Gasteiger partial charge is 0.264 e. The van der Waals surface area contributed by atoms with Gasteiger partial charge in [0.05, 0.1) is 0 Å². The van der Waals surface area contributed by atoms with E-state index in [2.05, 4.69) is 15.5 Å². The summed E-state index contributed by atoms with van der Waals surface area (Å²) in [5, 5.41) is 10.9. The first kappa shape index (κ1) is 16.4. The molecule has 6 nitrogen and oxygen atoms in total. The molecule has 2 aromatic rings. The zero-order valence-corrected chi connectivity index (χ0v) is 13.8. The normalized spacial score (nSPS) is 10.3. The Morgan fingerprint density at radius 2 is 2.18 bits per heavy atom. The standard InChI is InChI=1S/C14H15N3O3S2/c1-3-21-14-17-16-13(22-14)15-12(19)8-20-11-6-4-5-10(7-11)9(2)18/h4-7H,3,8H2,1-2H3,(H,15,16,19). The van der Waals surface area contributed by atoms with E-state index in [0.717, 1.165) is 10.1 Å². The summed E-state index contributed by atoms with van der Waals surface area (Å²) in [6.07, 6.45) is 0. The van der Waals surface area contributed by atoms with E-state index in [-0.39, 0.29) is 18.3 Å². The molecule has 0 unspecified atom stereocenters. The lowest BCUT2D eigenvalue weighted by Gasteiger charge is -2.06. The van der Waals surface area contributed by atoms with Crippen LogP contribution in [0.2, 0.25) is 0 Å². The number of carbonyl (C=O) groups is 2. The SMILES string of the molecule is CCSc1nnc(NC(=O)COc2cccc(C(C)=O)c2)s1. The Morgan fingerprint density at radius 3 is 2.91 bits per heavy atom. The van der Waals surface area contributed by atoms with Gasteiger partial charge in [-0.3, -0.25) is 14.9 Å². The summed E-state index contributed by atoms with van der Waals surface area (Å²) >= 11 is 2.89. The number of ether oxygens (including phenoxy) is 1. The molecule has 0 aliphatic rings. The van der Waals surface area contributed by atoms with Gasteiger partial charge in [-0.15, -0.1) is 10.2 Å². The molecule has 1 heterocycles. The number of amides is 1. The molecule has 0 aliphatic heterocycles. The number of Topliss-reactive ketones (excluding diaryl/α,β-unsaturated/α-hetero) is 1. The van der Waals surface area contributed by atoms with Gasteiger partial charge in [0, 0.05) is 5.56 Å². The number of hydrogen-bond acceptors (Lipinski definition) is 7. The second-order valence-electron chi connectivity index (χ2n) is 4.23. The highest BCUT2D eigenvalue weighted by Gasteiger charge is 2.09. The van der Waals surface area contributed by atoms with Crippen molar-refractivity contribution in [1.82, 2.24) is 10.2 Å². The van der Waals surface area contributed by atoms with Crippen LogP contribution in [-0.4, -0.2) is 34.2 Å². The maximum atomic E-state index is 11.8. The fraction of sp³-hybridized carbons (Fsp3) is 0.286. The van der Waals surface area contributed by atoms with Crippen molar-refractivity contribution in [3.05, 3.63) is 29.8 Å². The maximum absolute atomic E-state index is 11.8. The number of anilines is 1. The van der Waals surface area contributed by atoms with Crippen LogP contribution in [0, 0.1) is 0 Å². The van der Waals surface area contributed by atoms with E-state index in [1.165, 1.54) is 18.3 Å². The van der Waals surface area contributed by atoms with Crippen molar-refractivity contribution in [3.8, 4) is 5.75 Å². The molecule has 116 valence electrons. The van der Waals surface area contributed by atoms with Gasteiger partial charge in [-0.05, 0) is 24.8 Å². The highest BCUT2D eigenvalue weighted by atomic mass is 32.2. The minimum absolute atomic E-state index is 0.0512. The van der Waals surface area contributed by atoms with E-state index >= 15 is 0 Å². The average molecular weight is 337 g/mol. The topological polar surface area (TPSA) is 81.2 Å². The highest BCUT2D eigenvalue weighted by Crippen LogP contribution is 2.24. The molecule has 0 spiro atoms. The molecule has 0 fully saturated rings. The van der Waals surface area contributed by atoms with Crippen LogP contribution in [-0.2, 0) is 4.79 Å². The molecular weight excluding hydrogens is 322 g/mol. The Kier molecular flexibility index (Phi) is 5.91. The van der Waals surface area contributed by atoms with Gasteiger partial charge in [-0.1, -0.05) is 42.2 Å². The number of nitrogens with zero attached hydrogens (tertiary/aromatic N) is 2. The van der Waals surface area contributed by atoms with Gasteiger partial charge in [-0.25, -0.2) is 0 Å². The second kappa shape index (κ2) is 7.90. The molecule has 0 bridgehead atoms. The number of ketones is 1. The highest BCUT2D eigenvalue weighted by molar-refractivity contribution is 8.01. The first-order valence-corrected chi connectivity index (χ1v) is 8.38. The monoisotopic (exact) mass is 337 g/mol. The maximum Gasteiger partial charge on any atom is 0.264 e. The summed E-state index contributed by atoms with van der Waals surface area (Å²) in [5.41, 5.74) is 0.545. The summed E-state index contributed by atoms with van der Waals surface area (Å²) in [6.45, 7) is 3.34. The van der Waals surface area contributed by atoms with Crippen molar-refractivity contribution in [2.45, 2.75) is 18.2 Å². The average Bonchev–Trinajstić information content (AvgIpc) is 2.93. The van der Waals surface area contributed by atoms with E-state index in [1.54, 1.807) is 36.0 Å². The van der Waals surface area contributed by atoms with E-state index in [1.807, 2.05) is 6.92 Å². The van der Waals surface area contributed by atoms with Crippen LogP contribution in [0.3, 0.4) is 0 Å². The lowest BCUT2D eigenvalue weighted by atomic mass is 10.1. The zero-order valence-electron chi connectivity index (χ0n) is 12.2. The molecule has 1 aromatic heterocycles. The van der Waals surface area contributed by atoms with Crippen molar-refractivity contribution in [2.24, 2.45) is 0 Å². The number of benzene rings is 1. The first-order valence-electron chi connectivity index (χ1n) is 6.58. The largest absolute Gasteiger partial charge is 0.484 e.